The van der Waals surface area contributed by atoms with Crippen LogP contribution < -0.4 is 0 Å². The van der Waals surface area contributed by atoms with Gasteiger partial charge in [0.25, 0.3) is 0 Å². The van der Waals surface area contributed by atoms with Crippen LogP contribution in [0.5, 0.6) is 0 Å². The summed E-state index contributed by atoms with van der Waals surface area (Å²) in [5.41, 5.74) is -8.90. The quantitative estimate of drug-likeness (QED) is 0.686. The summed E-state index contributed by atoms with van der Waals surface area (Å²) in [5, 5.41) is 0. The van der Waals surface area contributed by atoms with Crippen molar-refractivity contribution in [2.24, 2.45) is 0 Å². The van der Waals surface area contributed by atoms with Crippen LogP contribution in [0.3, 0.4) is 0 Å². The topological polar surface area (TPSA) is 0 Å². The maximum atomic E-state index is 14.0. The second kappa shape index (κ2) is 4.38. The molecule has 1 aromatic rings. The Morgan fingerprint density at radius 3 is 1.42 bits per heavy atom. The molecule has 0 heterocycles. The van der Waals surface area contributed by atoms with Crippen molar-refractivity contribution in [3.8, 4) is 0 Å². The summed E-state index contributed by atoms with van der Waals surface area (Å²) >= 11 is 0. The third-order valence-electron chi connectivity index (χ3n) is 3.39. The summed E-state index contributed by atoms with van der Waals surface area (Å²) in [6.45, 7) is 0.128. The van der Waals surface area contributed by atoms with Crippen LogP contribution >= 0.6 is 0 Å². The van der Waals surface area contributed by atoms with E-state index in [0.717, 1.165) is 24.3 Å². The highest BCUT2D eigenvalue weighted by Gasteiger charge is 2.73. The van der Waals surface area contributed by atoms with Crippen molar-refractivity contribution in [2.45, 2.75) is 37.3 Å². The second-order valence-electron chi connectivity index (χ2n) is 4.49. The average Bonchev–Trinajstić information content (AvgIpc) is 2.25. The first-order valence-electron chi connectivity index (χ1n) is 5.23. The van der Waals surface area contributed by atoms with Gasteiger partial charge in [0.2, 0.25) is 5.67 Å². The van der Waals surface area contributed by atoms with Gasteiger partial charge < -0.3 is 0 Å². The predicted molar refractivity (Wildman–Crippen MR) is 55.4 cm³/mol. The van der Waals surface area contributed by atoms with Crippen LogP contribution in [-0.2, 0) is 5.41 Å². The van der Waals surface area contributed by atoms with E-state index >= 15 is 0 Å². The molecule has 2 unspecified atom stereocenters. The van der Waals surface area contributed by atoms with Crippen molar-refractivity contribution >= 4 is 0 Å². The first-order valence-corrected chi connectivity index (χ1v) is 5.23. The number of benzene rings is 1. The van der Waals surface area contributed by atoms with Gasteiger partial charge in [0, 0.05) is 0 Å². The number of hydrogen-bond donors (Lipinski definition) is 0. The van der Waals surface area contributed by atoms with Crippen LogP contribution in [0.1, 0.15) is 19.4 Å². The van der Waals surface area contributed by atoms with Gasteiger partial charge in [0.1, 0.15) is 5.41 Å². The van der Waals surface area contributed by atoms with Gasteiger partial charge in [-0.25, -0.2) is 4.39 Å². The third-order valence-corrected chi connectivity index (χ3v) is 3.39. The molecule has 0 bridgehead atoms. The van der Waals surface area contributed by atoms with Crippen LogP contribution in [-0.4, -0.2) is 18.0 Å². The van der Waals surface area contributed by atoms with Gasteiger partial charge in [0.15, 0.2) is 0 Å². The number of hydrogen-bond acceptors (Lipinski definition) is 0. The summed E-state index contributed by atoms with van der Waals surface area (Å²) in [5.74, 6) is 0. The molecular weight excluding hydrogens is 277 g/mol. The molecule has 0 N–H and O–H groups in total. The van der Waals surface area contributed by atoms with E-state index < -0.39 is 29.0 Å². The lowest BCUT2D eigenvalue weighted by atomic mass is 9.69. The first kappa shape index (κ1) is 15.8. The zero-order chi connectivity index (χ0) is 15.1. The van der Waals surface area contributed by atoms with Crippen LogP contribution in [0.25, 0.3) is 0 Å². The summed E-state index contributed by atoms with van der Waals surface area (Å²) in [7, 11) is 0. The maximum Gasteiger partial charge on any atom is 0.423 e. The molecule has 0 nitrogen and oxygen atoms in total. The van der Waals surface area contributed by atoms with Crippen molar-refractivity contribution in [3.05, 3.63) is 35.9 Å². The Bertz CT molecular complexity index is 430. The van der Waals surface area contributed by atoms with Crippen LogP contribution in [0, 0.1) is 0 Å². The fraction of sp³-hybridized carbons (Fsp3) is 0.500. The zero-order valence-electron chi connectivity index (χ0n) is 10.0. The third kappa shape index (κ3) is 2.30. The van der Waals surface area contributed by atoms with E-state index in [4.69, 9.17) is 0 Å². The highest BCUT2D eigenvalue weighted by molar-refractivity contribution is 5.32. The fourth-order valence-electron chi connectivity index (χ4n) is 1.76. The van der Waals surface area contributed by atoms with Gasteiger partial charge in [-0.3, -0.25) is 0 Å². The Hall–Kier alpha value is -1.27. The maximum absolute atomic E-state index is 14.0. The van der Waals surface area contributed by atoms with E-state index in [1.165, 1.54) is 6.07 Å². The minimum Gasteiger partial charge on any atom is -0.233 e. The highest BCUT2D eigenvalue weighted by Crippen LogP contribution is 2.55. The smallest absolute Gasteiger partial charge is 0.233 e. The number of alkyl halides is 7. The van der Waals surface area contributed by atoms with Gasteiger partial charge in [-0.1, -0.05) is 30.3 Å². The Kier molecular flexibility index (Phi) is 3.64. The van der Waals surface area contributed by atoms with Gasteiger partial charge in [-0.05, 0) is 19.4 Å². The van der Waals surface area contributed by atoms with E-state index in [2.05, 4.69) is 0 Å². The average molecular weight is 288 g/mol. The van der Waals surface area contributed by atoms with Crippen LogP contribution in [0.4, 0.5) is 30.7 Å². The van der Waals surface area contributed by atoms with Gasteiger partial charge in [-0.15, -0.1) is 0 Å². The standard InChI is InChI=1S/C12H11F7/c1-9(11(14,15)16,8-6-4-3-5-7-8)10(2,13)12(17,18)19/h3-7H,1-2H3. The van der Waals surface area contributed by atoms with E-state index in [1.54, 1.807) is 0 Å². The second-order valence-corrected chi connectivity index (χ2v) is 4.49. The van der Waals surface area contributed by atoms with Crippen molar-refractivity contribution in [2.75, 3.05) is 0 Å². The van der Waals surface area contributed by atoms with Gasteiger partial charge in [0.05, 0.1) is 0 Å². The lowest BCUT2D eigenvalue weighted by molar-refractivity contribution is -0.304. The molecule has 0 spiro atoms. The molecule has 0 aromatic heterocycles. The van der Waals surface area contributed by atoms with Gasteiger partial charge >= 0.3 is 12.4 Å². The van der Waals surface area contributed by atoms with Crippen molar-refractivity contribution < 1.29 is 30.7 Å². The minimum absolute atomic E-state index is 0.0898. The Balaban J connectivity index is 3.57. The van der Waals surface area contributed by atoms with Crippen molar-refractivity contribution in [3.63, 3.8) is 0 Å². The Labute approximate surface area is 105 Å². The molecule has 0 aliphatic rings. The molecule has 2 atom stereocenters. The number of halogens is 7. The molecule has 108 valence electrons. The molecule has 1 rings (SSSR count). The van der Waals surface area contributed by atoms with Gasteiger partial charge in [-0.2, -0.15) is 26.3 Å². The Morgan fingerprint density at radius 1 is 0.684 bits per heavy atom. The molecule has 1 aromatic carbocycles. The molecule has 0 fully saturated rings. The van der Waals surface area contributed by atoms with Crippen LogP contribution in [0.2, 0.25) is 0 Å². The fourth-order valence-corrected chi connectivity index (χ4v) is 1.76. The minimum atomic E-state index is -5.65. The van der Waals surface area contributed by atoms with E-state index in [1.807, 2.05) is 0 Å². The molecular formula is C12H11F7. The van der Waals surface area contributed by atoms with Crippen molar-refractivity contribution in [1.29, 1.82) is 0 Å². The predicted octanol–water partition coefficient (Wildman–Crippen LogP) is 4.80. The molecule has 0 aliphatic carbocycles. The lowest BCUT2D eigenvalue weighted by Gasteiger charge is -2.43. The SMILES string of the molecule is CC(F)(C(F)(F)F)C(C)(c1ccccc1)C(F)(F)F. The molecule has 0 saturated carbocycles. The van der Waals surface area contributed by atoms with Crippen LogP contribution in [0.15, 0.2) is 30.3 Å². The molecule has 0 radical (unpaired) electrons. The number of rotatable bonds is 2. The summed E-state index contributed by atoms with van der Waals surface area (Å²) in [6, 6.07) is 5.26. The lowest BCUT2D eigenvalue weighted by Crippen LogP contribution is -2.61. The first-order chi connectivity index (χ1) is 8.36. The molecule has 19 heavy (non-hydrogen) atoms. The summed E-state index contributed by atoms with van der Waals surface area (Å²) in [4.78, 5) is 0. The summed E-state index contributed by atoms with van der Waals surface area (Å²) in [6.07, 6.45) is -11.0. The largest absolute Gasteiger partial charge is 0.423 e. The van der Waals surface area contributed by atoms with Crippen molar-refractivity contribution in [1.82, 2.24) is 0 Å². The molecule has 0 amide bonds. The zero-order valence-corrected chi connectivity index (χ0v) is 10.0. The normalized spacial score (nSPS) is 19.6. The molecule has 7 heteroatoms. The van der Waals surface area contributed by atoms with E-state index in [-0.39, 0.29) is 13.8 Å². The Morgan fingerprint density at radius 2 is 1.11 bits per heavy atom. The monoisotopic (exact) mass is 288 g/mol. The summed E-state index contributed by atoms with van der Waals surface area (Å²) < 4.78 is 91.2. The highest BCUT2D eigenvalue weighted by atomic mass is 19.4. The molecule has 0 aliphatic heterocycles. The van der Waals surface area contributed by atoms with E-state index in [0.29, 0.717) is 0 Å². The van der Waals surface area contributed by atoms with E-state index in [9.17, 15) is 30.7 Å². The molecule has 0 saturated heterocycles.